The SMILES string of the molecule is CC(C)Oc1cccc2[nH]cc(C(=O)CC3CCCO3)c12. The summed E-state index contributed by atoms with van der Waals surface area (Å²) >= 11 is 0. The zero-order valence-electron chi connectivity index (χ0n) is 12.5. The monoisotopic (exact) mass is 287 g/mol. The number of hydrogen-bond donors (Lipinski definition) is 1. The predicted molar refractivity (Wildman–Crippen MR) is 82.0 cm³/mol. The van der Waals surface area contributed by atoms with E-state index in [1.165, 1.54) is 0 Å². The Morgan fingerprint density at radius 3 is 3.05 bits per heavy atom. The molecule has 1 atom stereocenters. The Labute approximate surface area is 124 Å². The number of nitrogens with one attached hydrogen (secondary N) is 1. The highest BCUT2D eigenvalue weighted by Crippen LogP contribution is 2.31. The second-order valence-electron chi connectivity index (χ2n) is 5.81. The quantitative estimate of drug-likeness (QED) is 0.853. The average Bonchev–Trinajstić information content (AvgIpc) is 3.07. The molecule has 0 spiro atoms. The van der Waals surface area contributed by atoms with Gasteiger partial charge in [0.1, 0.15) is 5.75 Å². The van der Waals surface area contributed by atoms with Gasteiger partial charge < -0.3 is 14.5 Å². The number of aromatic nitrogens is 1. The fourth-order valence-electron chi connectivity index (χ4n) is 2.85. The van der Waals surface area contributed by atoms with Gasteiger partial charge in [0.05, 0.1) is 17.6 Å². The molecule has 1 saturated heterocycles. The fraction of sp³-hybridized carbons (Fsp3) is 0.471. The van der Waals surface area contributed by atoms with Gasteiger partial charge in [-0.1, -0.05) is 6.07 Å². The first-order chi connectivity index (χ1) is 10.1. The standard InChI is InChI=1S/C17H21NO3/c1-11(2)21-16-7-3-6-14-17(16)13(10-18-14)15(19)9-12-5-4-8-20-12/h3,6-7,10-12,18H,4-5,8-9H2,1-2H3. The van der Waals surface area contributed by atoms with E-state index in [-0.39, 0.29) is 18.0 Å². The summed E-state index contributed by atoms with van der Waals surface area (Å²) in [5.74, 6) is 0.882. The molecular weight excluding hydrogens is 266 g/mol. The third kappa shape index (κ3) is 2.95. The Kier molecular flexibility index (Phi) is 3.97. The molecule has 4 heteroatoms. The molecule has 0 aliphatic carbocycles. The lowest BCUT2D eigenvalue weighted by Gasteiger charge is -2.12. The molecule has 2 heterocycles. The third-order valence-corrected chi connectivity index (χ3v) is 3.77. The Balaban J connectivity index is 1.92. The lowest BCUT2D eigenvalue weighted by molar-refractivity contribution is 0.0776. The molecule has 1 aliphatic rings. The molecule has 0 amide bonds. The van der Waals surface area contributed by atoms with Gasteiger partial charge in [-0.15, -0.1) is 0 Å². The van der Waals surface area contributed by atoms with Crippen LogP contribution in [0.5, 0.6) is 5.75 Å². The van der Waals surface area contributed by atoms with E-state index < -0.39 is 0 Å². The highest BCUT2D eigenvalue weighted by molar-refractivity contribution is 6.10. The van der Waals surface area contributed by atoms with Crippen molar-refractivity contribution < 1.29 is 14.3 Å². The fourth-order valence-corrected chi connectivity index (χ4v) is 2.85. The van der Waals surface area contributed by atoms with Crippen LogP contribution in [0.15, 0.2) is 24.4 Å². The molecule has 0 radical (unpaired) electrons. The minimum absolute atomic E-state index is 0.0700. The Bertz CT molecular complexity index is 639. The summed E-state index contributed by atoms with van der Waals surface area (Å²) in [7, 11) is 0. The minimum atomic E-state index is 0.0700. The highest BCUT2D eigenvalue weighted by atomic mass is 16.5. The number of H-pyrrole nitrogens is 1. The lowest BCUT2D eigenvalue weighted by atomic mass is 10.0. The normalized spacial score (nSPS) is 18.5. The molecule has 4 nitrogen and oxygen atoms in total. The van der Waals surface area contributed by atoms with Crippen molar-refractivity contribution in [1.82, 2.24) is 4.98 Å². The molecule has 0 bridgehead atoms. The Morgan fingerprint density at radius 2 is 2.33 bits per heavy atom. The van der Waals surface area contributed by atoms with E-state index in [0.29, 0.717) is 12.0 Å². The van der Waals surface area contributed by atoms with Crippen LogP contribution in [0.2, 0.25) is 0 Å². The summed E-state index contributed by atoms with van der Waals surface area (Å²) in [5.41, 5.74) is 1.64. The minimum Gasteiger partial charge on any atom is -0.490 e. The van der Waals surface area contributed by atoms with E-state index >= 15 is 0 Å². The van der Waals surface area contributed by atoms with Crippen molar-refractivity contribution in [3.63, 3.8) is 0 Å². The summed E-state index contributed by atoms with van der Waals surface area (Å²) in [4.78, 5) is 15.7. The zero-order chi connectivity index (χ0) is 14.8. The van der Waals surface area contributed by atoms with Gasteiger partial charge in [-0.05, 0) is 38.8 Å². The van der Waals surface area contributed by atoms with Crippen LogP contribution < -0.4 is 4.74 Å². The molecule has 1 fully saturated rings. The molecule has 1 aliphatic heterocycles. The van der Waals surface area contributed by atoms with E-state index in [2.05, 4.69) is 4.98 Å². The topological polar surface area (TPSA) is 51.3 Å². The molecule has 1 unspecified atom stereocenters. The van der Waals surface area contributed by atoms with Crippen molar-refractivity contribution in [3.8, 4) is 5.75 Å². The number of carbonyl (C=O) groups excluding carboxylic acids is 1. The lowest BCUT2D eigenvalue weighted by Crippen LogP contribution is -2.13. The molecule has 1 N–H and O–H groups in total. The number of ether oxygens (including phenoxy) is 2. The van der Waals surface area contributed by atoms with Crippen LogP contribution in [-0.2, 0) is 4.74 Å². The maximum atomic E-state index is 12.6. The number of carbonyl (C=O) groups is 1. The van der Waals surface area contributed by atoms with Gasteiger partial charge in [0.25, 0.3) is 0 Å². The Hall–Kier alpha value is -1.81. The molecule has 1 aromatic carbocycles. The summed E-state index contributed by atoms with van der Waals surface area (Å²) in [6, 6.07) is 5.81. The number of ketones is 1. The van der Waals surface area contributed by atoms with Gasteiger partial charge in [-0.2, -0.15) is 0 Å². The van der Waals surface area contributed by atoms with Gasteiger partial charge in [-0.3, -0.25) is 4.79 Å². The summed E-state index contributed by atoms with van der Waals surface area (Å²) in [5, 5.41) is 0.884. The van der Waals surface area contributed by atoms with Crippen molar-refractivity contribution in [1.29, 1.82) is 0 Å². The average molecular weight is 287 g/mol. The van der Waals surface area contributed by atoms with E-state index in [4.69, 9.17) is 9.47 Å². The Morgan fingerprint density at radius 1 is 1.48 bits per heavy atom. The van der Waals surface area contributed by atoms with Crippen molar-refractivity contribution in [2.45, 2.75) is 45.3 Å². The van der Waals surface area contributed by atoms with Crippen molar-refractivity contribution in [2.75, 3.05) is 6.61 Å². The van der Waals surface area contributed by atoms with Crippen LogP contribution in [0, 0.1) is 0 Å². The number of fused-ring (bicyclic) bond motifs is 1. The van der Waals surface area contributed by atoms with Crippen molar-refractivity contribution in [2.24, 2.45) is 0 Å². The number of rotatable bonds is 5. The second kappa shape index (κ2) is 5.90. The van der Waals surface area contributed by atoms with E-state index in [0.717, 1.165) is 36.1 Å². The maximum Gasteiger partial charge on any atom is 0.167 e. The van der Waals surface area contributed by atoms with Crippen LogP contribution in [0.3, 0.4) is 0 Å². The van der Waals surface area contributed by atoms with Crippen molar-refractivity contribution >= 4 is 16.7 Å². The van der Waals surface area contributed by atoms with E-state index in [1.807, 2.05) is 32.0 Å². The summed E-state index contributed by atoms with van der Waals surface area (Å²) in [6.45, 7) is 4.74. The van der Waals surface area contributed by atoms with Crippen LogP contribution in [0.1, 0.15) is 43.5 Å². The molecule has 3 rings (SSSR count). The third-order valence-electron chi connectivity index (χ3n) is 3.77. The molecule has 112 valence electrons. The first-order valence-corrected chi connectivity index (χ1v) is 7.56. The smallest absolute Gasteiger partial charge is 0.167 e. The number of aromatic amines is 1. The highest BCUT2D eigenvalue weighted by Gasteiger charge is 2.23. The second-order valence-corrected chi connectivity index (χ2v) is 5.81. The van der Waals surface area contributed by atoms with Gasteiger partial charge in [0.15, 0.2) is 5.78 Å². The number of benzene rings is 1. The predicted octanol–water partition coefficient (Wildman–Crippen LogP) is 3.71. The molecule has 21 heavy (non-hydrogen) atoms. The maximum absolute atomic E-state index is 12.6. The number of Topliss-reactive ketones (excluding diaryl/α,β-unsaturated/α-hetero) is 1. The summed E-state index contributed by atoms with van der Waals surface area (Å²) in [6.07, 6.45) is 4.40. The van der Waals surface area contributed by atoms with Crippen LogP contribution in [-0.4, -0.2) is 29.6 Å². The van der Waals surface area contributed by atoms with Gasteiger partial charge in [0.2, 0.25) is 0 Å². The largest absolute Gasteiger partial charge is 0.490 e. The molecule has 1 aromatic heterocycles. The first-order valence-electron chi connectivity index (χ1n) is 7.56. The van der Waals surface area contributed by atoms with Gasteiger partial charge in [-0.25, -0.2) is 0 Å². The van der Waals surface area contributed by atoms with Crippen LogP contribution in [0.4, 0.5) is 0 Å². The van der Waals surface area contributed by atoms with Gasteiger partial charge in [0, 0.05) is 30.3 Å². The van der Waals surface area contributed by atoms with Crippen LogP contribution in [0.25, 0.3) is 10.9 Å². The van der Waals surface area contributed by atoms with E-state index in [9.17, 15) is 4.79 Å². The summed E-state index contributed by atoms with van der Waals surface area (Å²) < 4.78 is 11.4. The zero-order valence-corrected chi connectivity index (χ0v) is 12.5. The molecule has 2 aromatic rings. The van der Waals surface area contributed by atoms with E-state index in [1.54, 1.807) is 6.20 Å². The molecule has 0 saturated carbocycles. The van der Waals surface area contributed by atoms with Gasteiger partial charge >= 0.3 is 0 Å². The molecular formula is C17H21NO3. The first kappa shape index (κ1) is 14.1. The van der Waals surface area contributed by atoms with Crippen molar-refractivity contribution in [3.05, 3.63) is 30.0 Å². The van der Waals surface area contributed by atoms with Crippen LogP contribution >= 0.6 is 0 Å². The number of hydrogen-bond acceptors (Lipinski definition) is 3.